The van der Waals surface area contributed by atoms with Gasteiger partial charge in [-0.25, -0.2) is 9.18 Å². The molecule has 0 fully saturated rings. The summed E-state index contributed by atoms with van der Waals surface area (Å²) in [5.41, 5.74) is 0.270. The smallest absolute Gasteiger partial charge is 0.384 e. The molecule has 1 aromatic rings. The van der Waals surface area contributed by atoms with E-state index in [1.54, 1.807) is 13.0 Å². The van der Waals surface area contributed by atoms with Gasteiger partial charge in [-0.1, -0.05) is 5.92 Å². The van der Waals surface area contributed by atoms with E-state index in [-0.39, 0.29) is 12.2 Å². The van der Waals surface area contributed by atoms with Crippen molar-refractivity contribution in [1.29, 1.82) is 5.26 Å². The van der Waals surface area contributed by atoms with E-state index >= 15 is 0 Å². The Labute approximate surface area is 92.5 Å². The van der Waals surface area contributed by atoms with Crippen LogP contribution in [0.25, 0.3) is 0 Å². The third-order valence-electron chi connectivity index (χ3n) is 1.67. The number of rotatable bonds is 1. The van der Waals surface area contributed by atoms with Crippen LogP contribution in [0.4, 0.5) is 4.39 Å². The first-order valence-corrected chi connectivity index (χ1v) is 4.55. The minimum atomic E-state index is -0.660. The van der Waals surface area contributed by atoms with Crippen molar-refractivity contribution < 1.29 is 13.9 Å². The lowest BCUT2D eigenvalue weighted by Gasteiger charge is -1.94. The molecule has 80 valence electrons. The number of ether oxygens (including phenoxy) is 1. The van der Waals surface area contributed by atoms with Crippen LogP contribution in [0.15, 0.2) is 18.2 Å². The Balaban J connectivity index is 2.87. The summed E-state index contributed by atoms with van der Waals surface area (Å²) < 4.78 is 17.7. The Bertz CT molecular complexity index is 506. The zero-order valence-electron chi connectivity index (χ0n) is 8.58. The van der Waals surface area contributed by atoms with Crippen molar-refractivity contribution in [3.8, 4) is 17.9 Å². The van der Waals surface area contributed by atoms with Crippen LogP contribution >= 0.6 is 0 Å². The van der Waals surface area contributed by atoms with Crippen LogP contribution in [0, 0.1) is 29.0 Å². The molecule has 0 spiro atoms. The van der Waals surface area contributed by atoms with E-state index in [0.717, 1.165) is 6.07 Å². The highest BCUT2D eigenvalue weighted by molar-refractivity contribution is 5.89. The summed E-state index contributed by atoms with van der Waals surface area (Å²) in [5, 5.41) is 8.50. The van der Waals surface area contributed by atoms with Gasteiger partial charge in [-0.15, -0.1) is 0 Å². The molecule has 0 amide bonds. The number of esters is 1. The zero-order chi connectivity index (χ0) is 12.0. The molecule has 0 aliphatic heterocycles. The van der Waals surface area contributed by atoms with Gasteiger partial charge in [0, 0.05) is 11.5 Å². The molecule has 0 radical (unpaired) electrons. The highest BCUT2D eigenvalue weighted by atomic mass is 19.1. The number of carbonyl (C=O) groups is 1. The molecule has 0 heterocycles. The van der Waals surface area contributed by atoms with E-state index in [1.165, 1.54) is 12.1 Å². The minimum absolute atomic E-state index is 0.0540. The fraction of sp³-hybridized carbons (Fsp3) is 0.167. The Morgan fingerprint density at radius 2 is 2.31 bits per heavy atom. The van der Waals surface area contributed by atoms with Gasteiger partial charge in [-0.2, -0.15) is 5.26 Å². The summed E-state index contributed by atoms with van der Waals surface area (Å²) in [6.45, 7) is 1.91. The second kappa shape index (κ2) is 5.53. The first-order valence-electron chi connectivity index (χ1n) is 4.55. The molecule has 0 atom stereocenters. The zero-order valence-corrected chi connectivity index (χ0v) is 8.58. The summed E-state index contributed by atoms with van der Waals surface area (Å²) in [6, 6.07) is 5.57. The molecule has 0 N–H and O–H groups in total. The number of hydrogen-bond acceptors (Lipinski definition) is 3. The van der Waals surface area contributed by atoms with Gasteiger partial charge >= 0.3 is 5.97 Å². The SMILES string of the molecule is CCOC(=O)C#Cc1ccc(C#N)c(F)c1. The van der Waals surface area contributed by atoms with E-state index in [1.807, 2.05) is 0 Å². The largest absolute Gasteiger partial charge is 0.456 e. The third kappa shape index (κ3) is 3.11. The molecular formula is C12H8FNO2. The highest BCUT2D eigenvalue weighted by Gasteiger charge is 2.01. The van der Waals surface area contributed by atoms with Gasteiger partial charge in [0.2, 0.25) is 0 Å². The van der Waals surface area contributed by atoms with Crippen molar-refractivity contribution in [2.45, 2.75) is 6.92 Å². The summed E-state index contributed by atoms with van der Waals surface area (Å²) in [7, 11) is 0. The highest BCUT2D eigenvalue weighted by Crippen LogP contribution is 2.08. The Hall–Kier alpha value is -2.33. The van der Waals surface area contributed by atoms with Crippen LogP contribution in [-0.4, -0.2) is 12.6 Å². The maximum absolute atomic E-state index is 13.1. The van der Waals surface area contributed by atoms with Gasteiger partial charge in [-0.05, 0) is 25.1 Å². The number of benzene rings is 1. The molecule has 0 aliphatic carbocycles. The van der Waals surface area contributed by atoms with Crippen LogP contribution in [0.3, 0.4) is 0 Å². The molecule has 1 rings (SSSR count). The van der Waals surface area contributed by atoms with Crippen LogP contribution in [0.1, 0.15) is 18.1 Å². The fourth-order valence-electron chi connectivity index (χ4n) is 0.974. The van der Waals surface area contributed by atoms with Gasteiger partial charge < -0.3 is 4.74 Å². The molecular weight excluding hydrogens is 209 g/mol. The number of nitrogens with zero attached hydrogens (tertiary/aromatic N) is 1. The Kier molecular flexibility index (Phi) is 4.06. The lowest BCUT2D eigenvalue weighted by atomic mass is 10.1. The summed E-state index contributed by atoms with van der Waals surface area (Å²) in [4.78, 5) is 10.9. The van der Waals surface area contributed by atoms with Crippen molar-refractivity contribution >= 4 is 5.97 Å². The molecule has 0 aliphatic rings. The van der Waals surface area contributed by atoms with E-state index in [9.17, 15) is 9.18 Å². The van der Waals surface area contributed by atoms with Gasteiger partial charge in [0.25, 0.3) is 0 Å². The van der Waals surface area contributed by atoms with Crippen molar-refractivity contribution in [2.24, 2.45) is 0 Å². The molecule has 3 nitrogen and oxygen atoms in total. The maximum Gasteiger partial charge on any atom is 0.384 e. The van der Waals surface area contributed by atoms with Crippen LogP contribution < -0.4 is 0 Å². The van der Waals surface area contributed by atoms with Crippen LogP contribution in [0.2, 0.25) is 0 Å². The third-order valence-corrected chi connectivity index (χ3v) is 1.67. The second-order valence-corrected chi connectivity index (χ2v) is 2.78. The topological polar surface area (TPSA) is 50.1 Å². The van der Waals surface area contributed by atoms with E-state index < -0.39 is 11.8 Å². The molecule has 4 heteroatoms. The average Bonchev–Trinajstić information content (AvgIpc) is 2.27. The van der Waals surface area contributed by atoms with Crippen molar-refractivity contribution in [3.05, 3.63) is 35.1 Å². The normalized spacial score (nSPS) is 8.56. The number of carbonyl (C=O) groups excluding carboxylic acids is 1. The molecule has 16 heavy (non-hydrogen) atoms. The van der Waals surface area contributed by atoms with Crippen molar-refractivity contribution in [3.63, 3.8) is 0 Å². The lowest BCUT2D eigenvalue weighted by Crippen LogP contribution is -1.99. The van der Waals surface area contributed by atoms with Crippen LogP contribution in [0.5, 0.6) is 0 Å². The standard InChI is InChI=1S/C12H8FNO2/c1-2-16-12(15)6-4-9-3-5-10(8-14)11(13)7-9/h3,5,7H,2H2,1H3. The Morgan fingerprint density at radius 1 is 1.56 bits per heavy atom. The molecule has 0 unspecified atom stereocenters. The quantitative estimate of drug-likeness (QED) is 0.530. The summed E-state index contributed by atoms with van der Waals surface area (Å²) in [6.07, 6.45) is 0. The predicted octanol–water partition coefficient (Wildman–Crippen LogP) is 1.61. The molecule has 0 saturated heterocycles. The van der Waals surface area contributed by atoms with Crippen molar-refractivity contribution in [2.75, 3.05) is 6.61 Å². The fourth-order valence-corrected chi connectivity index (χ4v) is 0.974. The number of nitriles is 1. The van der Waals surface area contributed by atoms with Gasteiger partial charge in [0.15, 0.2) is 0 Å². The monoisotopic (exact) mass is 217 g/mol. The molecule has 0 aromatic heterocycles. The van der Waals surface area contributed by atoms with Gasteiger partial charge in [-0.3, -0.25) is 0 Å². The minimum Gasteiger partial charge on any atom is -0.456 e. The van der Waals surface area contributed by atoms with E-state index in [4.69, 9.17) is 5.26 Å². The predicted molar refractivity (Wildman–Crippen MR) is 54.6 cm³/mol. The summed E-state index contributed by atoms with van der Waals surface area (Å²) in [5.74, 6) is 3.34. The lowest BCUT2D eigenvalue weighted by molar-refractivity contribution is -0.136. The molecule has 0 bridgehead atoms. The van der Waals surface area contributed by atoms with Gasteiger partial charge in [0.05, 0.1) is 12.2 Å². The summed E-state index contributed by atoms with van der Waals surface area (Å²) >= 11 is 0. The maximum atomic E-state index is 13.1. The van der Waals surface area contributed by atoms with E-state index in [0.29, 0.717) is 5.56 Å². The first-order chi connectivity index (χ1) is 7.67. The van der Waals surface area contributed by atoms with Gasteiger partial charge in [0.1, 0.15) is 11.9 Å². The Morgan fingerprint density at radius 3 is 2.88 bits per heavy atom. The molecule has 1 aromatic carbocycles. The number of halogens is 1. The average molecular weight is 217 g/mol. The number of hydrogen-bond donors (Lipinski definition) is 0. The van der Waals surface area contributed by atoms with E-state index in [2.05, 4.69) is 16.6 Å². The second-order valence-electron chi connectivity index (χ2n) is 2.78. The van der Waals surface area contributed by atoms with Crippen molar-refractivity contribution in [1.82, 2.24) is 0 Å². The van der Waals surface area contributed by atoms with Crippen LogP contribution in [-0.2, 0) is 9.53 Å². The first kappa shape index (κ1) is 11.7. The molecule has 0 saturated carbocycles.